The van der Waals surface area contributed by atoms with Crippen molar-refractivity contribution in [2.45, 2.75) is 55.6 Å². The number of likely N-dealkylation sites (tertiary alicyclic amines) is 1. The molecule has 1 aliphatic heterocycles. The first-order chi connectivity index (χ1) is 14.1. The van der Waals surface area contributed by atoms with Crippen molar-refractivity contribution in [3.63, 3.8) is 0 Å². The van der Waals surface area contributed by atoms with E-state index in [0.29, 0.717) is 19.3 Å². The number of thioether (sulfide) groups is 1. The van der Waals surface area contributed by atoms with Gasteiger partial charge in [0, 0.05) is 24.4 Å². The fraction of sp³-hybridized carbons (Fsp3) is 0.458. The van der Waals surface area contributed by atoms with Crippen molar-refractivity contribution in [2.24, 2.45) is 0 Å². The SMILES string of the molecule is CSc1ccc(CCC(O)/C=C/C=C/C=C/C(O)CCC(=O)N2CCCC2)cc1. The molecule has 1 aromatic carbocycles. The van der Waals surface area contributed by atoms with Crippen LogP contribution in [0.15, 0.2) is 65.6 Å². The van der Waals surface area contributed by atoms with E-state index in [1.165, 1.54) is 10.5 Å². The number of carbonyl (C=O) groups is 1. The van der Waals surface area contributed by atoms with Crippen molar-refractivity contribution in [2.75, 3.05) is 19.3 Å². The average molecular weight is 416 g/mol. The lowest BCUT2D eigenvalue weighted by molar-refractivity contribution is -0.130. The molecule has 0 saturated carbocycles. The van der Waals surface area contributed by atoms with Crippen molar-refractivity contribution in [1.29, 1.82) is 0 Å². The van der Waals surface area contributed by atoms with E-state index in [2.05, 4.69) is 30.5 Å². The third kappa shape index (κ3) is 9.48. The van der Waals surface area contributed by atoms with Gasteiger partial charge in [0.2, 0.25) is 5.91 Å². The minimum absolute atomic E-state index is 0.141. The third-order valence-corrected chi connectivity index (χ3v) is 5.74. The Morgan fingerprint density at radius 3 is 2.17 bits per heavy atom. The lowest BCUT2D eigenvalue weighted by Crippen LogP contribution is -2.28. The number of benzene rings is 1. The zero-order chi connectivity index (χ0) is 20.9. The highest BCUT2D eigenvalue weighted by atomic mass is 32.2. The van der Waals surface area contributed by atoms with Crippen LogP contribution in [0.2, 0.25) is 0 Å². The van der Waals surface area contributed by atoms with Gasteiger partial charge in [-0.1, -0.05) is 48.6 Å². The molecule has 2 N–H and O–H groups in total. The Labute approximate surface area is 179 Å². The van der Waals surface area contributed by atoms with Crippen LogP contribution < -0.4 is 0 Å². The predicted molar refractivity (Wildman–Crippen MR) is 121 cm³/mol. The largest absolute Gasteiger partial charge is 0.389 e. The van der Waals surface area contributed by atoms with Crippen LogP contribution in [0.3, 0.4) is 0 Å². The fourth-order valence-corrected chi connectivity index (χ4v) is 3.62. The fourth-order valence-electron chi connectivity index (χ4n) is 3.21. The van der Waals surface area contributed by atoms with E-state index >= 15 is 0 Å². The van der Waals surface area contributed by atoms with E-state index in [-0.39, 0.29) is 5.91 Å². The summed E-state index contributed by atoms with van der Waals surface area (Å²) < 4.78 is 0. The highest BCUT2D eigenvalue weighted by Gasteiger charge is 2.17. The number of aliphatic hydroxyl groups is 2. The molecule has 2 atom stereocenters. The molecule has 0 bridgehead atoms. The molecule has 0 spiro atoms. The van der Waals surface area contributed by atoms with Crippen LogP contribution in [0.25, 0.3) is 0 Å². The summed E-state index contributed by atoms with van der Waals surface area (Å²) in [6, 6.07) is 8.43. The second-order valence-corrected chi connectivity index (χ2v) is 8.18. The van der Waals surface area contributed by atoms with Gasteiger partial charge in [0.15, 0.2) is 0 Å². The topological polar surface area (TPSA) is 60.8 Å². The van der Waals surface area contributed by atoms with Crippen LogP contribution in [-0.2, 0) is 11.2 Å². The number of aliphatic hydroxyl groups excluding tert-OH is 2. The molecule has 0 radical (unpaired) electrons. The summed E-state index contributed by atoms with van der Waals surface area (Å²) in [5, 5.41) is 20.0. The molecule has 4 nitrogen and oxygen atoms in total. The third-order valence-electron chi connectivity index (χ3n) is 5.00. The van der Waals surface area contributed by atoms with E-state index in [9.17, 15) is 15.0 Å². The van der Waals surface area contributed by atoms with Crippen molar-refractivity contribution < 1.29 is 15.0 Å². The predicted octanol–water partition coefficient (Wildman–Crippen LogP) is 4.13. The number of hydrogen-bond acceptors (Lipinski definition) is 4. The van der Waals surface area contributed by atoms with Gasteiger partial charge >= 0.3 is 0 Å². The first-order valence-electron chi connectivity index (χ1n) is 10.4. The van der Waals surface area contributed by atoms with Gasteiger partial charge in [0.25, 0.3) is 0 Å². The first kappa shape index (κ1) is 23.5. The second kappa shape index (κ2) is 13.4. The molecule has 1 heterocycles. The van der Waals surface area contributed by atoms with E-state index in [1.807, 2.05) is 23.1 Å². The molecule has 0 aromatic heterocycles. The molecule has 1 saturated heterocycles. The van der Waals surface area contributed by atoms with Gasteiger partial charge in [-0.3, -0.25) is 4.79 Å². The van der Waals surface area contributed by atoms with Crippen LogP contribution in [0.1, 0.15) is 37.7 Å². The molecule has 158 valence electrons. The van der Waals surface area contributed by atoms with E-state index in [4.69, 9.17) is 0 Å². The molecule has 2 rings (SSSR count). The molecule has 2 unspecified atom stereocenters. The van der Waals surface area contributed by atoms with E-state index in [0.717, 1.165) is 32.4 Å². The highest BCUT2D eigenvalue weighted by molar-refractivity contribution is 7.98. The molecular formula is C24H33NO3S. The summed E-state index contributed by atoms with van der Waals surface area (Å²) in [7, 11) is 0. The zero-order valence-electron chi connectivity index (χ0n) is 17.2. The summed E-state index contributed by atoms with van der Waals surface area (Å²) in [6.07, 6.45) is 16.2. The molecule has 0 aliphatic carbocycles. The average Bonchev–Trinajstić information content (AvgIpc) is 3.28. The van der Waals surface area contributed by atoms with Gasteiger partial charge in [-0.25, -0.2) is 0 Å². The minimum atomic E-state index is -0.613. The normalized spacial score (nSPS) is 17.0. The molecule has 1 aromatic rings. The van der Waals surface area contributed by atoms with Crippen LogP contribution >= 0.6 is 11.8 Å². The minimum Gasteiger partial charge on any atom is -0.389 e. The Morgan fingerprint density at radius 2 is 1.59 bits per heavy atom. The van der Waals surface area contributed by atoms with Crippen molar-refractivity contribution in [3.05, 3.63) is 66.3 Å². The van der Waals surface area contributed by atoms with E-state index < -0.39 is 12.2 Å². The summed E-state index contributed by atoms with van der Waals surface area (Å²) in [4.78, 5) is 15.1. The number of aryl methyl sites for hydroxylation is 1. The maximum absolute atomic E-state index is 11.9. The van der Waals surface area contributed by atoms with Gasteiger partial charge in [0.05, 0.1) is 12.2 Å². The monoisotopic (exact) mass is 415 g/mol. The van der Waals surface area contributed by atoms with Gasteiger partial charge in [-0.2, -0.15) is 0 Å². The lowest BCUT2D eigenvalue weighted by atomic mass is 10.1. The standard InChI is InChI=1S/C24H33NO3S/c1-29-23-15-11-20(12-16-23)10-13-21(26)8-4-2-3-5-9-22(27)14-17-24(28)25-18-6-7-19-25/h2-5,8-9,11-12,15-16,21-22,26-27H,6-7,10,13-14,17-19H2,1H3/b3-2+,8-4+,9-5+. The Bertz CT molecular complexity index is 691. The second-order valence-electron chi connectivity index (χ2n) is 7.30. The Kier molecular flexibility index (Phi) is 10.8. The molecule has 1 amide bonds. The molecule has 1 fully saturated rings. The van der Waals surface area contributed by atoms with Gasteiger partial charge in [0.1, 0.15) is 0 Å². The number of nitrogens with zero attached hydrogens (tertiary/aromatic N) is 1. The van der Waals surface area contributed by atoms with Crippen LogP contribution in [-0.4, -0.2) is 52.6 Å². The summed E-state index contributed by atoms with van der Waals surface area (Å²) in [6.45, 7) is 1.71. The lowest BCUT2D eigenvalue weighted by Gasteiger charge is -2.15. The Morgan fingerprint density at radius 1 is 1.00 bits per heavy atom. The van der Waals surface area contributed by atoms with Gasteiger partial charge < -0.3 is 15.1 Å². The quantitative estimate of drug-likeness (QED) is 0.421. The van der Waals surface area contributed by atoms with Crippen LogP contribution in [0.5, 0.6) is 0 Å². The maximum Gasteiger partial charge on any atom is 0.222 e. The zero-order valence-corrected chi connectivity index (χ0v) is 18.1. The van der Waals surface area contributed by atoms with Crippen molar-refractivity contribution in [1.82, 2.24) is 4.90 Å². The van der Waals surface area contributed by atoms with Crippen molar-refractivity contribution >= 4 is 17.7 Å². The first-order valence-corrected chi connectivity index (χ1v) is 11.6. The van der Waals surface area contributed by atoms with Gasteiger partial charge in [-0.15, -0.1) is 11.8 Å². The Hall–Kier alpha value is -1.82. The molecule has 29 heavy (non-hydrogen) atoms. The number of hydrogen-bond donors (Lipinski definition) is 2. The maximum atomic E-state index is 11.9. The Balaban J connectivity index is 1.60. The molecule has 1 aliphatic rings. The molecule has 5 heteroatoms. The summed E-state index contributed by atoms with van der Waals surface area (Å²) >= 11 is 1.72. The smallest absolute Gasteiger partial charge is 0.222 e. The number of amides is 1. The summed E-state index contributed by atoms with van der Waals surface area (Å²) in [5.41, 5.74) is 1.23. The van der Waals surface area contributed by atoms with Crippen molar-refractivity contribution in [3.8, 4) is 0 Å². The van der Waals surface area contributed by atoms with Crippen LogP contribution in [0, 0.1) is 0 Å². The number of carbonyl (C=O) groups excluding carboxylic acids is 1. The highest BCUT2D eigenvalue weighted by Crippen LogP contribution is 2.16. The summed E-state index contributed by atoms with van der Waals surface area (Å²) in [5.74, 6) is 0.141. The molecular weight excluding hydrogens is 382 g/mol. The van der Waals surface area contributed by atoms with E-state index in [1.54, 1.807) is 30.0 Å². The van der Waals surface area contributed by atoms with Gasteiger partial charge in [-0.05, 0) is 56.1 Å². The number of allylic oxidation sites excluding steroid dienone is 4. The van der Waals surface area contributed by atoms with Crippen LogP contribution in [0.4, 0.5) is 0 Å². The number of rotatable bonds is 11.